The lowest BCUT2D eigenvalue weighted by Crippen LogP contribution is -2.68. The first-order valence-electron chi connectivity index (χ1n) is 6.63. The molecule has 1 amide bonds. The Labute approximate surface area is 125 Å². The van der Waals surface area contributed by atoms with Gasteiger partial charge in [0.2, 0.25) is 0 Å². The van der Waals surface area contributed by atoms with Crippen molar-refractivity contribution in [3.8, 4) is 5.75 Å². The lowest BCUT2D eigenvalue weighted by molar-refractivity contribution is -0.0161. The first-order valence-corrected chi connectivity index (χ1v) is 7.42. The molecule has 1 aliphatic heterocycles. The van der Waals surface area contributed by atoms with Crippen molar-refractivity contribution in [3.63, 3.8) is 0 Å². The highest BCUT2D eigenvalue weighted by Gasteiger charge is 2.52. The number of hydrogen-bond donors (Lipinski definition) is 2. The van der Waals surface area contributed by atoms with Crippen LogP contribution in [0.15, 0.2) is 22.7 Å². The van der Waals surface area contributed by atoms with Crippen LogP contribution < -0.4 is 15.8 Å². The molecule has 0 aromatic heterocycles. The number of benzene rings is 1. The summed E-state index contributed by atoms with van der Waals surface area (Å²) in [5.41, 5.74) is 6.66. The Morgan fingerprint density at radius 1 is 1.55 bits per heavy atom. The molecule has 1 saturated carbocycles. The summed E-state index contributed by atoms with van der Waals surface area (Å²) in [6, 6.07) is 5.14. The van der Waals surface area contributed by atoms with Crippen molar-refractivity contribution in [2.45, 2.75) is 24.6 Å². The Bertz CT molecular complexity index is 537. The van der Waals surface area contributed by atoms with E-state index >= 15 is 0 Å². The van der Waals surface area contributed by atoms with Crippen molar-refractivity contribution in [1.82, 2.24) is 5.32 Å². The summed E-state index contributed by atoms with van der Waals surface area (Å²) in [7, 11) is 1.59. The smallest absolute Gasteiger partial charge is 0.251 e. The predicted molar refractivity (Wildman–Crippen MR) is 77.8 cm³/mol. The molecule has 1 aromatic rings. The summed E-state index contributed by atoms with van der Waals surface area (Å²) in [5, 5.41) is 2.97. The topological polar surface area (TPSA) is 73.6 Å². The summed E-state index contributed by atoms with van der Waals surface area (Å²) >= 11 is 3.38. The van der Waals surface area contributed by atoms with Crippen LogP contribution in [0.5, 0.6) is 5.75 Å². The molecule has 0 bridgehead atoms. The van der Waals surface area contributed by atoms with Crippen molar-refractivity contribution < 1.29 is 14.3 Å². The molecule has 6 heteroatoms. The van der Waals surface area contributed by atoms with Gasteiger partial charge in [-0.1, -0.05) is 0 Å². The Hall–Kier alpha value is -1.11. The maximum atomic E-state index is 12.2. The van der Waals surface area contributed by atoms with Crippen LogP contribution in [0.2, 0.25) is 0 Å². The Balaban J connectivity index is 1.69. The Morgan fingerprint density at radius 3 is 3.05 bits per heavy atom. The molecular formula is C14H17BrN2O3. The number of carbonyl (C=O) groups is 1. The van der Waals surface area contributed by atoms with Gasteiger partial charge in [-0.15, -0.1) is 0 Å². The lowest BCUT2D eigenvalue weighted by atomic mass is 9.72. The maximum absolute atomic E-state index is 12.2. The third kappa shape index (κ3) is 2.21. The van der Waals surface area contributed by atoms with Gasteiger partial charge in [-0.25, -0.2) is 0 Å². The monoisotopic (exact) mass is 340 g/mol. The van der Waals surface area contributed by atoms with E-state index in [1.807, 2.05) is 0 Å². The number of ether oxygens (including phenoxy) is 2. The molecule has 20 heavy (non-hydrogen) atoms. The van der Waals surface area contributed by atoms with Crippen LogP contribution in [-0.2, 0) is 4.74 Å². The molecule has 3 rings (SSSR count). The van der Waals surface area contributed by atoms with Gasteiger partial charge < -0.3 is 20.5 Å². The van der Waals surface area contributed by atoms with Gasteiger partial charge >= 0.3 is 0 Å². The van der Waals surface area contributed by atoms with Gasteiger partial charge in [-0.05, 0) is 40.5 Å². The number of nitrogens with one attached hydrogen (secondary N) is 1. The number of nitrogens with two attached hydrogens (primary N) is 1. The fourth-order valence-electron chi connectivity index (χ4n) is 2.97. The van der Waals surface area contributed by atoms with Crippen molar-refractivity contribution in [1.29, 1.82) is 0 Å². The van der Waals surface area contributed by atoms with Crippen molar-refractivity contribution in [2.24, 2.45) is 11.7 Å². The van der Waals surface area contributed by atoms with E-state index < -0.39 is 0 Å². The van der Waals surface area contributed by atoms with Crippen LogP contribution in [-0.4, -0.2) is 37.8 Å². The van der Waals surface area contributed by atoms with Gasteiger partial charge in [0.05, 0.1) is 23.7 Å². The second-order valence-corrected chi connectivity index (χ2v) is 6.07. The highest BCUT2D eigenvalue weighted by molar-refractivity contribution is 9.10. The molecule has 4 atom stereocenters. The van der Waals surface area contributed by atoms with Crippen LogP contribution in [0.1, 0.15) is 16.8 Å². The molecule has 3 N–H and O–H groups in total. The molecule has 1 aliphatic carbocycles. The molecule has 0 spiro atoms. The number of fused-ring (bicyclic) bond motifs is 1. The third-order valence-electron chi connectivity index (χ3n) is 4.16. The molecule has 1 heterocycles. The Kier molecular flexibility index (Phi) is 3.70. The van der Waals surface area contributed by atoms with Crippen LogP contribution in [0.25, 0.3) is 0 Å². The highest BCUT2D eigenvalue weighted by atomic mass is 79.9. The minimum Gasteiger partial charge on any atom is -0.496 e. The van der Waals surface area contributed by atoms with E-state index in [0.717, 1.165) is 17.5 Å². The first kappa shape index (κ1) is 13.9. The highest BCUT2D eigenvalue weighted by Crippen LogP contribution is 2.38. The number of amides is 1. The first-order chi connectivity index (χ1) is 9.61. The normalized spacial score (nSPS) is 31.4. The minimum absolute atomic E-state index is 0.00635. The molecule has 5 nitrogen and oxygen atoms in total. The van der Waals surface area contributed by atoms with Gasteiger partial charge in [-0.2, -0.15) is 0 Å². The number of rotatable bonds is 3. The van der Waals surface area contributed by atoms with Crippen molar-refractivity contribution in [2.75, 3.05) is 13.7 Å². The lowest BCUT2D eigenvalue weighted by Gasteiger charge is -2.45. The molecule has 1 aromatic carbocycles. The number of halogens is 1. The van der Waals surface area contributed by atoms with E-state index in [1.165, 1.54) is 0 Å². The number of methoxy groups -OCH3 is 1. The van der Waals surface area contributed by atoms with Crippen molar-refractivity contribution in [3.05, 3.63) is 28.2 Å². The van der Waals surface area contributed by atoms with E-state index in [9.17, 15) is 4.79 Å². The fourth-order valence-corrected chi connectivity index (χ4v) is 3.51. The van der Waals surface area contributed by atoms with Gasteiger partial charge in [-0.3, -0.25) is 4.79 Å². The average Bonchev–Trinajstić information content (AvgIpc) is 2.89. The summed E-state index contributed by atoms with van der Waals surface area (Å²) in [6.45, 7) is 0.740. The van der Waals surface area contributed by atoms with E-state index in [4.69, 9.17) is 15.2 Å². The molecule has 0 radical (unpaired) electrons. The SMILES string of the molecule is COc1ccc(C(=O)NC2C(N)C3CCOC32)cc1Br. The standard InChI is InChI=1S/C14H17BrN2O3/c1-19-10-3-2-7(6-9(10)15)14(18)17-12-11(16)8-4-5-20-13(8)12/h2-3,6,8,11-13H,4-5,16H2,1H3,(H,17,18). The second-order valence-electron chi connectivity index (χ2n) is 5.21. The minimum atomic E-state index is -0.136. The molecule has 2 fully saturated rings. The zero-order valence-corrected chi connectivity index (χ0v) is 12.7. The molecular weight excluding hydrogens is 324 g/mol. The molecule has 108 valence electrons. The average molecular weight is 341 g/mol. The second kappa shape index (κ2) is 5.35. The zero-order valence-electron chi connectivity index (χ0n) is 11.1. The predicted octanol–water partition coefficient (Wildman–Crippen LogP) is 1.30. The van der Waals surface area contributed by atoms with Crippen LogP contribution >= 0.6 is 15.9 Å². The van der Waals surface area contributed by atoms with E-state index in [2.05, 4.69) is 21.2 Å². The van der Waals surface area contributed by atoms with E-state index in [0.29, 0.717) is 17.2 Å². The molecule has 1 saturated heterocycles. The number of carbonyl (C=O) groups excluding carboxylic acids is 1. The van der Waals surface area contributed by atoms with Crippen molar-refractivity contribution >= 4 is 21.8 Å². The molecule has 4 unspecified atom stereocenters. The van der Waals surface area contributed by atoms with Crippen LogP contribution in [0.3, 0.4) is 0 Å². The van der Waals surface area contributed by atoms with Gasteiger partial charge in [0.25, 0.3) is 5.91 Å². The molecule has 2 aliphatic rings. The van der Waals surface area contributed by atoms with Gasteiger partial charge in [0.15, 0.2) is 0 Å². The quantitative estimate of drug-likeness (QED) is 0.869. The summed E-state index contributed by atoms with van der Waals surface area (Å²) in [5.74, 6) is 0.951. The van der Waals surface area contributed by atoms with Crippen LogP contribution in [0, 0.1) is 5.92 Å². The van der Waals surface area contributed by atoms with Crippen LogP contribution in [0.4, 0.5) is 0 Å². The largest absolute Gasteiger partial charge is 0.496 e. The van der Waals surface area contributed by atoms with Gasteiger partial charge in [0.1, 0.15) is 5.75 Å². The fraction of sp³-hybridized carbons (Fsp3) is 0.500. The van der Waals surface area contributed by atoms with Gasteiger partial charge in [0, 0.05) is 24.1 Å². The summed E-state index contributed by atoms with van der Waals surface area (Å²) in [6.07, 6.45) is 1.07. The Morgan fingerprint density at radius 2 is 2.35 bits per heavy atom. The maximum Gasteiger partial charge on any atom is 0.251 e. The van der Waals surface area contributed by atoms with E-state index in [1.54, 1.807) is 25.3 Å². The third-order valence-corrected chi connectivity index (χ3v) is 4.78. The summed E-state index contributed by atoms with van der Waals surface area (Å²) < 4.78 is 11.5. The summed E-state index contributed by atoms with van der Waals surface area (Å²) in [4.78, 5) is 12.2. The van der Waals surface area contributed by atoms with E-state index in [-0.39, 0.29) is 24.1 Å². The number of hydrogen-bond acceptors (Lipinski definition) is 4. The zero-order chi connectivity index (χ0) is 14.3.